The molecule has 32 heavy (non-hydrogen) atoms. The highest BCUT2D eigenvalue weighted by atomic mass is 35.5. The molecule has 0 radical (unpaired) electrons. The van der Waals surface area contributed by atoms with Gasteiger partial charge in [0.15, 0.2) is 0 Å². The Balaban J connectivity index is 0.000000451. The number of hydrogen-bond acceptors (Lipinski definition) is 5. The van der Waals surface area contributed by atoms with Crippen molar-refractivity contribution in [2.24, 2.45) is 5.73 Å². The number of carbonyl (C=O) groups excluding carboxylic acids is 2. The summed E-state index contributed by atoms with van der Waals surface area (Å²) < 4.78 is 31.7. The predicted molar refractivity (Wildman–Crippen MR) is 113 cm³/mol. The van der Waals surface area contributed by atoms with E-state index in [9.17, 15) is 22.8 Å². The van der Waals surface area contributed by atoms with Gasteiger partial charge in [0, 0.05) is 37.8 Å². The van der Waals surface area contributed by atoms with Crippen molar-refractivity contribution in [3.8, 4) is 0 Å². The van der Waals surface area contributed by atoms with E-state index in [1.165, 1.54) is 0 Å². The molecule has 0 aliphatic carbocycles. The number of nitrogens with two attached hydrogens (primary N) is 1. The Hall–Kier alpha value is -2.53. The number of hydrogen-bond donors (Lipinski definition) is 3. The van der Waals surface area contributed by atoms with Crippen LogP contribution in [0.15, 0.2) is 18.2 Å². The number of carbonyl (C=O) groups is 3. The first-order valence-corrected chi connectivity index (χ1v) is 10.5. The molecule has 8 nitrogen and oxygen atoms in total. The van der Waals surface area contributed by atoms with E-state index in [-0.39, 0.29) is 17.9 Å². The Morgan fingerprint density at radius 3 is 2.34 bits per heavy atom. The van der Waals surface area contributed by atoms with Gasteiger partial charge in [0.1, 0.15) is 6.04 Å². The largest absolute Gasteiger partial charge is 0.490 e. The minimum atomic E-state index is -5.08. The van der Waals surface area contributed by atoms with E-state index < -0.39 is 18.2 Å². The van der Waals surface area contributed by atoms with E-state index in [2.05, 4.69) is 10.2 Å². The van der Waals surface area contributed by atoms with Crippen LogP contribution in [0.2, 0.25) is 5.02 Å². The second kappa shape index (κ2) is 10.9. The summed E-state index contributed by atoms with van der Waals surface area (Å²) in [7, 11) is 0. The first kappa shape index (κ1) is 25.7. The van der Waals surface area contributed by atoms with Gasteiger partial charge in [-0.05, 0) is 44.4 Å². The maximum atomic E-state index is 12.9. The second-order valence-electron chi connectivity index (χ2n) is 7.53. The number of aliphatic carboxylic acids is 1. The molecule has 2 heterocycles. The number of benzene rings is 1. The van der Waals surface area contributed by atoms with Crippen molar-refractivity contribution in [2.45, 2.75) is 44.4 Å². The zero-order valence-electron chi connectivity index (χ0n) is 17.5. The maximum absolute atomic E-state index is 12.9. The number of carboxylic acids is 1. The highest BCUT2D eigenvalue weighted by Crippen LogP contribution is 2.30. The smallest absolute Gasteiger partial charge is 0.475 e. The third-order valence-electron chi connectivity index (χ3n) is 5.13. The van der Waals surface area contributed by atoms with Gasteiger partial charge in [0.05, 0.1) is 10.7 Å². The average molecular weight is 479 g/mol. The molecule has 178 valence electrons. The number of halogens is 4. The summed E-state index contributed by atoms with van der Waals surface area (Å²) in [6.45, 7) is 4.76. The third-order valence-corrected chi connectivity index (χ3v) is 5.43. The van der Waals surface area contributed by atoms with E-state index in [1.54, 1.807) is 17.0 Å². The van der Waals surface area contributed by atoms with Crippen molar-refractivity contribution >= 4 is 35.1 Å². The Morgan fingerprint density at radius 2 is 1.84 bits per heavy atom. The fourth-order valence-corrected chi connectivity index (χ4v) is 3.95. The van der Waals surface area contributed by atoms with Crippen LogP contribution in [-0.4, -0.2) is 72.2 Å². The minimum absolute atomic E-state index is 0.149. The van der Waals surface area contributed by atoms with Crippen LogP contribution in [0.4, 0.5) is 18.9 Å². The van der Waals surface area contributed by atoms with E-state index >= 15 is 0 Å². The molecule has 2 fully saturated rings. The Kier molecular flexibility index (Phi) is 8.73. The summed E-state index contributed by atoms with van der Waals surface area (Å²) in [5.74, 6) is -3.10. The molecule has 0 bridgehead atoms. The molecule has 3 rings (SSSR count). The Morgan fingerprint density at radius 1 is 1.25 bits per heavy atom. The number of anilines is 1. The number of alkyl halides is 3. The van der Waals surface area contributed by atoms with Gasteiger partial charge < -0.3 is 26.0 Å². The molecule has 2 saturated heterocycles. The van der Waals surface area contributed by atoms with Crippen LogP contribution in [-0.2, 0) is 9.59 Å². The average Bonchev–Trinajstić information content (AvgIpc) is 3.37. The SMILES string of the molecule is CCNC(=O)[C@@H]1C[C@@H](N)CN1C(=O)c1ccc(N2CCCC2)c(Cl)c1.O=C(O)C(F)(F)F. The van der Waals surface area contributed by atoms with E-state index in [1.807, 2.05) is 13.0 Å². The van der Waals surface area contributed by atoms with Crippen molar-refractivity contribution in [3.05, 3.63) is 28.8 Å². The van der Waals surface area contributed by atoms with Crippen LogP contribution < -0.4 is 16.0 Å². The van der Waals surface area contributed by atoms with Crippen molar-refractivity contribution in [2.75, 3.05) is 31.1 Å². The van der Waals surface area contributed by atoms with Crippen LogP contribution >= 0.6 is 11.6 Å². The number of nitrogens with one attached hydrogen (secondary N) is 1. The molecule has 4 N–H and O–H groups in total. The zero-order valence-corrected chi connectivity index (χ0v) is 18.2. The summed E-state index contributed by atoms with van der Waals surface area (Å²) in [4.78, 5) is 37.9. The molecule has 2 aliphatic heterocycles. The maximum Gasteiger partial charge on any atom is 0.490 e. The van der Waals surface area contributed by atoms with Gasteiger partial charge in [0.25, 0.3) is 5.91 Å². The van der Waals surface area contributed by atoms with E-state index in [0.717, 1.165) is 31.6 Å². The fraction of sp³-hybridized carbons (Fsp3) is 0.550. The highest BCUT2D eigenvalue weighted by molar-refractivity contribution is 6.33. The van der Waals surface area contributed by atoms with Crippen LogP contribution in [0.3, 0.4) is 0 Å². The molecule has 0 aromatic heterocycles. The van der Waals surface area contributed by atoms with Crippen LogP contribution in [0.5, 0.6) is 0 Å². The predicted octanol–water partition coefficient (Wildman–Crippen LogP) is 2.25. The molecular weight excluding hydrogens is 453 g/mol. The Bertz CT molecular complexity index is 847. The number of nitrogens with zero attached hydrogens (tertiary/aromatic N) is 2. The lowest BCUT2D eigenvalue weighted by Crippen LogP contribution is -2.46. The third kappa shape index (κ3) is 6.49. The summed E-state index contributed by atoms with van der Waals surface area (Å²) in [5.41, 5.74) is 7.46. The van der Waals surface area contributed by atoms with Crippen LogP contribution in [0.25, 0.3) is 0 Å². The number of amides is 2. The summed E-state index contributed by atoms with van der Waals surface area (Å²) in [5, 5.41) is 10.5. The lowest BCUT2D eigenvalue weighted by molar-refractivity contribution is -0.192. The topological polar surface area (TPSA) is 116 Å². The molecule has 0 spiro atoms. The first-order valence-electron chi connectivity index (χ1n) is 10.1. The van der Waals surface area contributed by atoms with Crippen molar-refractivity contribution in [3.63, 3.8) is 0 Å². The van der Waals surface area contributed by atoms with Gasteiger partial charge in [-0.1, -0.05) is 11.6 Å². The van der Waals surface area contributed by atoms with Crippen LogP contribution in [0.1, 0.15) is 36.5 Å². The van der Waals surface area contributed by atoms with Gasteiger partial charge in [0.2, 0.25) is 5.91 Å². The molecule has 0 saturated carbocycles. The van der Waals surface area contributed by atoms with Crippen LogP contribution in [0, 0.1) is 0 Å². The van der Waals surface area contributed by atoms with Gasteiger partial charge in [-0.15, -0.1) is 0 Å². The number of likely N-dealkylation sites (N-methyl/N-ethyl adjacent to an activating group) is 1. The second-order valence-corrected chi connectivity index (χ2v) is 7.93. The highest BCUT2D eigenvalue weighted by Gasteiger charge is 2.39. The lowest BCUT2D eigenvalue weighted by Gasteiger charge is -2.24. The van der Waals surface area contributed by atoms with Gasteiger partial charge in [-0.25, -0.2) is 4.79 Å². The quantitative estimate of drug-likeness (QED) is 0.611. The number of likely N-dealkylation sites (tertiary alicyclic amines) is 1. The van der Waals surface area contributed by atoms with Crippen molar-refractivity contribution in [1.29, 1.82) is 0 Å². The zero-order chi connectivity index (χ0) is 24.1. The standard InChI is InChI=1S/C18H25ClN4O2.C2HF3O2/c1-2-21-17(24)16-10-13(20)11-23(16)18(25)12-5-6-15(14(19)9-12)22-7-3-4-8-22;3-2(4,5)1(6)7/h5-6,9,13,16H,2-4,7-8,10-11,20H2,1H3,(H,21,24);(H,6,7)/t13-,16+;/m1./s1. The van der Waals surface area contributed by atoms with E-state index in [0.29, 0.717) is 30.1 Å². The number of carboxylic acid groups (broad SMARTS) is 1. The van der Waals surface area contributed by atoms with Gasteiger partial charge in [-0.3, -0.25) is 9.59 Å². The summed E-state index contributed by atoms with van der Waals surface area (Å²) in [6, 6.07) is 4.70. The molecule has 2 aliphatic rings. The molecule has 1 aromatic rings. The Labute approximate surface area is 188 Å². The molecule has 1 aromatic carbocycles. The molecule has 2 amide bonds. The molecule has 12 heteroatoms. The van der Waals surface area contributed by atoms with Gasteiger partial charge in [-0.2, -0.15) is 13.2 Å². The summed E-state index contributed by atoms with van der Waals surface area (Å²) >= 11 is 6.42. The van der Waals surface area contributed by atoms with Crippen molar-refractivity contribution in [1.82, 2.24) is 10.2 Å². The van der Waals surface area contributed by atoms with Crippen molar-refractivity contribution < 1.29 is 32.7 Å². The van der Waals surface area contributed by atoms with E-state index in [4.69, 9.17) is 27.2 Å². The minimum Gasteiger partial charge on any atom is -0.475 e. The number of rotatable bonds is 4. The first-order chi connectivity index (χ1) is 15.0. The molecule has 0 unspecified atom stereocenters. The van der Waals surface area contributed by atoms with Gasteiger partial charge >= 0.3 is 12.1 Å². The monoisotopic (exact) mass is 478 g/mol. The fourth-order valence-electron chi connectivity index (χ4n) is 3.65. The lowest BCUT2D eigenvalue weighted by atomic mass is 10.1. The normalized spacial score (nSPS) is 20.6. The summed E-state index contributed by atoms with van der Waals surface area (Å²) in [6.07, 6.45) is -2.27. The molecule has 2 atom stereocenters. The molecular formula is C20H26ClF3N4O4.